The SMILES string of the molecule is NC(=O)C(N)CSc1nncn1N. The van der Waals surface area contributed by atoms with E-state index in [1.54, 1.807) is 0 Å². The summed E-state index contributed by atoms with van der Waals surface area (Å²) >= 11 is 1.23. The number of hydrogen-bond acceptors (Lipinski definition) is 6. The zero-order valence-electron chi connectivity index (χ0n) is 6.75. The molecule has 1 amide bonds. The van der Waals surface area contributed by atoms with Crippen LogP contribution in [0.4, 0.5) is 0 Å². The Labute approximate surface area is 78.6 Å². The average molecular weight is 202 g/mol. The van der Waals surface area contributed by atoms with Gasteiger partial charge < -0.3 is 17.3 Å². The summed E-state index contributed by atoms with van der Waals surface area (Å²) in [5.74, 6) is 5.21. The Morgan fingerprint density at radius 2 is 2.46 bits per heavy atom. The summed E-state index contributed by atoms with van der Waals surface area (Å²) in [4.78, 5) is 10.6. The first kappa shape index (κ1) is 9.81. The Balaban J connectivity index is 2.44. The first-order valence-electron chi connectivity index (χ1n) is 3.44. The lowest BCUT2D eigenvalue weighted by Crippen LogP contribution is -2.38. The van der Waals surface area contributed by atoms with Gasteiger partial charge in [-0.1, -0.05) is 11.8 Å². The molecule has 8 heteroatoms. The Hall–Kier alpha value is -1.28. The van der Waals surface area contributed by atoms with E-state index < -0.39 is 11.9 Å². The molecular formula is C5H10N6OS. The van der Waals surface area contributed by atoms with Crippen LogP contribution in [-0.4, -0.2) is 32.6 Å². The molecular weight excluding hydrogens is 192 g/mol. The van der Waals surface area contributed by atoms with Crippen molar-refractivity contribution in [2.45, 2.75) is 11.2 Å². The van der Waals surface area contributed by atoms with E-state index in [0.29, 0.717) is 10.9 Å². The molecule has 7 nitrogen and oxygen atoms in total. The number of hydrogen-bond donors (Lipinski definition) is 3. The van der Waals surface area contributed by atoms with Gasteiger partial charge in [-0.25, -0.2) is 4.68 Å². The summed E-state index contributed by atoms with van der Waals surface area (Å²) in [5.41, 5.74) is 10.4. The number of aromatic nitrogens is 3. The van der Waals surface area contributed by atoms with Crippen LogP contribution in [0.2, 0.25) is 0 Å². The lowest BCUT2D eigenvalue weighted by molar-refractivity contribution is -0.118. The molecule has 0 radical (unpaired) electrons. The number of nitrogen functional groups attached to an aromatic ring is 1. The molecule has 0 aliphatic carbocycles. The fourth-order valence-corrected chi connectivity index (χ4v) is 1.38. The molecule has 1 unspecified atom stereocenters. The smallest absolute Gasteiger partial charge is 0.235 e. The van der Waals surface area contributed by atoms with Crippen molar-refractivity contribution in [2.75, 3.05) is 11.6 Å². The minimum atomic E-state index is -0.693. The highest BCUT2D eigenvalue weighted by Crippen LogP contribution is 2.12. The minimum Gasteiger partial charge on any atom is -0.368 e. The molecule has 0 spiro atoms. The van der Waals surface area contributed by atoms with Crippen molar-refractivity contribution < 1.29 is 4.79 Å². The molecule has 1 rings (SSSR count). The molecule has 0 saturated heterocycles. The maximum Gasteiger partial charge on any atom is 0.235 e. The topological polar surface area (TPSA) is 126 Å². The van der Waals surface area contributed by atoms with Crippen molar-refractivity contribution >= 4 is 17.7 Å². The number of nitrogens with two attached hydrogens (primary N) is 3. The summed E-state index contributed by atoms with van der Waals surface area (Å²) < 4.78 is 1.25. The van der Waals surface area contributed by atoms with Crippen LogP contribution in [0.15, 0.2) is 11.5 Å². The second-order valence-electron chi connectivity index (χ2n) is 2.34. The van der Waals surface area contributed by atoms with Gasteiger partial charge in [0, 0.05) is 5.75 Å². The number of amides is 1. The quantitative estimate of drug-likeness (QED) is 0.379. The van der Waals surface area contributed by atoms with Crippen molar-refractivity contribution in [1.82, 2.24) is 14.9 Å². The molecule has 0 fully saturated rings. The van der Waals surface area contributed by atoms with E-state index in [0.717, 1.165) is 0 Å². The highest BCUT2D eigenvalue weighted by molar-refractivity contribution is 7.99. The van der Waals surface area contributed by atoms with Gasteiger partial charge in [0.25, 0.3) is 0 Å². The highest BCUT2D eigenvalue weighted by atomic mass is 32.2. The molecule has 0 aliphatic rings. The van der Waals surface area contributed by atoms with E-state index >= 15 is 0 Å². The second kappa shape index (κ2) is 4.10. The number of primary amides is 1. The van der Waals surface area contributed by atoms with Gasteiger partial charge in [-0.15, -0.1) is 10.2 Å². The first-order valence-corrected chi connectivity index (χ1v) is 4.42. The van der Waals surface area contributed by atoms with Gasteiger partial charge >= 0.3 is 0 Å². The zero-order chi connectivity index (χ0) is 9.84. The normalized spacial score (nSPS) is 12.7. The van der Waals surface area contributed by atoms with Gasteiger partial charge in [0.1, 0.15) is 6.33 Å². The summed E-state index contributed by atoms with van der Waals surface area (Å²) in [7, 11) is 0. The number of rotatable bonds is 4. The number of nitrogens with zero attached hydrogens (tertiary/aromatic N) is 3. The maximum atomic E-state index is 10.6. The Morgan fingerprint density at radius 1 is 1.77 bits per heavy atom. The van der Waals surface area contributed by atoms with Gasteiger partial charge in [-0.3, -0.25) is 4.79 Å². The van der Waals surface area contributed by atoms with E-state index in [4.69, 9.17) is 17.3 Å². The van der Waals surface area contributed by atoms with Crippen LogP contribution in [0, 0.1) is 0 Å². The van der Waals surface area contributed by atoms with Crippen LogP contribution in [0.5, 0.6) is 0 Å². The van der Waals surface area contributed by atoms with Crippen molar-refractivity contribution in [3.05, 3.63) is 6.33 Å². The maximum absolute atomic E-state index is 10.6. The van der Waals surface area contributed by atoms with Crippen molar-refractivity contribution in [2.24, 2.45) is 11.5 Å². The zero-order valence-corrected chi connectivity index (χ0v) is 7.57. The third-order valence-electron chi connectivity index (χ3n) is 1.30. The van der Waals surface area contributed by atoms with E-state index in [1.807, 2.05) is 0 Å². The van der Waals surface area contributed by atoms with E-state index in [1.165, 1.54) is 22.8 Å². The fraction of sp³-hybridized carbons (Fsp3) is 0.400. The van der Waals surface area contributed by atoms with Gasteiger partial charge in [0.05, 0.1) is 6.04 Å². The Bertz CT molecular complexity index is 299. The Kier molecular flexibility index (Phi) is 3.09. The van der Waals surface area contributed by atoms with E-state index in [9.17, 15) is 4.79 Å². The van der Waals surface area contributed by atoms with Gasteiger partial charge in [-0.2, -0.15) is 0 Å². The largest absolute Gasteiger partial charge is 0.368 e. The van der Waals surface area contributed by atoms with Crippen LogP contribution in [0.25, 0.3) is 0 Å². The molecule has 1 aromatic rings. The molecule has 0 saturated carbocycles. The summed E-state index contributed by atoms with van der Waals surface area (Å²) in [6, 6.07) is -0.693. The van der Waals surface area contributed by atoms with Crippen LogP contribution in [0.1, 0.15) is 0 Å². The number of carbonyl (C=O) groups is 1. The predicted molar refractivity (Wildman–Crippen MR) is 48.1 cm³/mol. The number of thioether (sulfide) groups is 1. The average Bonchev–Trinajstić information content (AvgIpc) is 2.47. The predicted octanol–water partition coefficient (Wildman–Crippen LogP) is -2.10. The van der Waals surface area contributed by atoms with Crippen molar-refractivity contribution in [3.8, 4) is 0 Å². The fourth-order valence-electron chi connectivity index (χ4n) is 0.582. The van der Waals surface area contributed by atoms with Crippen LogP contribution in [0.3, 0.4) is 0 Å². The summed E-state index contributed by atoms with van der Waals surface area (Å²) in [6.07, 6.45) is 1.36. The highest BCUT2D eigenvalue weighted by Gasteiger charge is 2.11. The van der Waals surface area contributed by atoms with Crippen molar-refractivity contribution in [3.63, 3.8) is 0 Å². The standard InChI is InChI=1S/C5H10N6OS/c6-3(4(7)12)1-13-5-10-9-2-11(5)8/h2-3H,1,6,8H2,(H2,7,12). The van der Waals surface area contributed by atoms with E-state index in [-0.39, 0.29) is 0 Å². The minimum absolute atomic E-state index is 0.339. The van der Waals surface area contributed by atoms with Gasteiger partial charge in [0.15, 0.2) is 0 Å². The second-order valence-corrected chi connectivity index (χ2v) is 3.33. The third kappa shape index (κ3) is 2.60. The first-order chi connectivity index (χ1) is 6.11. The number of carbonyl (C=O) groups excluding carboxylic acids is 1. The molecule has 0 bridgehead atoms. The third-order valence-corrected chi connectivity index (χ3v) is 2.37. The molecule has 1 heterocycles. The lowest BCUT2D eigenvalue weighted by Gasteiger charge is -2.04. The molecule has 1 aromatic heterocycles. The molecule has 0 aromatic carbocycles. The van der Waals surface area contributed by atoms with E-state index in [2.05, 4.69) is 10.2 Å². The molecule has 13 heavy (non-hydrogen) atoms. The lowest BCUT2D eigenvalue weighted by atomic mass is 10.3. The van der Waals surface area contributed by atoms with Crippen molar-refractivity contribution in [1.29, 1.82) is 0 Å². The molecule has 6 N–H and O–H groups in total. The molecule has 0 aliphatic heterocycles. The van der Waals surface area contributed by atoms with Gasteiger partial charge in [-0.05, 0) is 0 Å². The van der Waals surface area contributed by atoms with Crippen LogP contribution in [-0.2, 0) is 4.79 Å². The monoisotopic (exact) mass is 202 g/mol. The van der Waals surface area contributed by atoms with Crippen LogP contribution >= 0.6 is 11.8 Å². The molecule has 1 atom stereocenters. The molecule has 72 valence electrons. The summed E-state index contributed by atoms with van der Waals surface area (Å²) in [6.45, 7) is 0. The van der Waals surface area contributed by atoms with Crippen LogP contribution < -0.4 is 17.3 Å². The summed E-state index contributed by atoms with van der Waals surface area (Å²) in [5, 5.41) is 7.74. The van der Waals surface area contributed by atoms with Gasteiger partial charge in [0.2, 0.25) is 11.1 Å². The Morgan fingerprint density at radius 3 is 2.92 bits per heavy atom.